The van der Waals surface area contributed by atoms with Gasteiger partial charge in [-0.15, -0.1) is 0 Å². The Hall–Kier alpha value is -1.46. The van der Waals surface area contributed by atoms with Crippen molar-refractivity contribution >= 4 is 5.91 Å². The number of nitrogens with one attached hydrogen (secondary N) is 2. The number of halogens is 1. The average Bonchev–Trinajstić information content (AvgIpc) is 2.98. The van der Waals surface area contributed by atoms with Crippen LogP contribution in [0.4, 0.5) is 4.39 Å². The Kier molecular flexibility index (Phi) is 5.49. The maximum atomic E-state index is 13.4. The van der Waals surface area contributed by atoms with Crippen LogP contribution in [0.25, 0.3) is 0 Å². The molecular weight excluding hydrogens is 257 g/mol. The molecule has 1 amide bonds. The van der Waals surface area contributed by atoms with Crippen LogP contribution in [0.1, 0.15) is 18.9 Å². The van der Waals surface area contributed by atoms with E-state index in [1.165, 1.54) is 6.07 Å². The van der Waals surface area contributed by atoms with Gasteiger partial charge in [0.15, 0.2) is 0 Å². The van der Waals surface area contributed by atoms with E-state index in [1.54, 1.807) is 18.2 Å². The lowest BCUT2D eigenvalue weighted by Crippen LogP contribution is -2.43. The Labute approximate surface area is 119 Å². The summed E-state index contributed by atoms with van der Waals surface area (Å²) in [6.45, 7) is 5.47. The number of rotatable bonds is 6. The highest BCUT2D eigenvalue weighted by molar-refractivity contribution is 5.78. The number of hydrogen-bond acceptors (Lipinski definition) is 3. The number of nitrogens with zero attached hydrogens (tertiary/aromatic N) is 1. The van der Waals surface area contributed by atoms with E-state index in [4.69, 9.17) is 0 Å². The summed E-state index contributed by atoms with van der Waals surface area (Å²) in [4.78, 5) is 14.1. The fraction of sp³-hybridized carbons (Fsp3) is 0.533. The van der Waals surface area contributed by atoms with Crippen molar-refractivity contribution in [2.75, 3.05) is 26.2 Å². The number of hydrogen-bond donors (Lipinski definition) is 2. The van der Waals surface area contributed by atoms with E-state index in [9.17, 15) is 9.18 Å². The van der Waals surface area contributed by atoms with Gasteiger partial charge in [-0.25, -0.2) is 4.39 Å². The van der Waals surface area contributed by atoms with Crippen molar-refractivity contribution in [3.63, 3.8) is 0 Å². The normalized spacial score (nSPS) is 18.4. The Morgan fingerprint density at radius 3 is 2.95 bits per heavy atom. The van der Waals surface area contributed by atoms with Crippen molar-refractivity contribution in [1.29, 1.82) is 0 Å². The first-order chi connectivity index (χ1) is 9.70. The molecule has 0 aromatic heterocycles. The number of carbonyl (C=O) groups excluding carboxylic acids is 1. The maximum absolute atomic E-state index is 13.4. The standard InChI is InChI=1S/C15H22FN3O/c1-2-19(13-7-8-17-10-13)11-15(20)18-9-12-5-3-4-6-14(12)16/h3-6,13,17H,2,7-11H2,1H3,(H,18,20). The predicted molar refractivity (Wildman–Crippen MR) is 76.8 cm³/mol. The van der Waals surface area contributed by atoms with Crippen molar-refractivity contribution in [2.24, 2.45) is 0 Å². The summed E-state index contributed by atoms with van der Waals surface area (Å²) in [6.07, 6.45) is 1.08. The van der Waals surface area contributed by atoms with Crippen molar-refractivity contribution < 1.29 is 9.18 Å². The molecule has 1 unspecified atom stereocenters. The molecule has 1 saturated heterocycles. The second-order valence-electron chi connectivity index (χ2n) is 5.08. The summed E-state index contributed by atoms with van der Waals surface area (Å²) in [7, 11) is 0. The summed E-state index contributed by atoms with van der Waals surface area (Å²) in [5, 5.41) is 6.09. The van der Waals surface area contributed by atoms with E-state index >= 15 is 0 Å². The number of carbonyl (C=O) groups is 1. The third-order valence-electron chi connectivity index (χ3n) is 3.74. The van der Waals surface area contributed by atoms with E-state index in [0.717, 1.165) is 26.1 Å². The van der Waals surface area contributed by atoms with Crippen LogP contribution < -0.4 is 10.6 Å². The highest BCUT2D eigenvalue weighted by atomic mass is 19.1. The minimum Gasteiger partial charge on any atom is -0.351 e. The molecule has 2 rings (SSSR count). The molecule has 5 heteroatoms. The van der Waals surface area contributed by atoms with Crippen LogP contribution in [0.15, 0.2) is 24.3 Å². The molecule has 1 aromatic carbocycles. The first-order valence-corrected chi connectivity index (χ1v) is 7.15. The molecule has 2 N–H and O–H groups in total. The van der Waals surface area contributed by atoms with Gasteiger partial charge >= 0.3 is 0 Å². The number of likely N-dealkylation sites (N-methyl/N-ethyl adjacent to an activating group) is 1. The van der Waals surface area contributed by atoms with E-state index < -0.39 is 0 Å². The Morgan fingerprint density at radius 1 is 1.50 bits per heavy atom. The average molecular weight is 279 g/mol. The van der Waals surface area contributed by atoms with Gasteiger partial charge in [-0.05, 0) is 25.6 Å². The molecule has 1 aliphatic heterocycles. The zero-order valence-corrected chi connectivity index (χ0v) is 11.9. The third-order valence-corrected chi connectivity index (χ3v) is 3.74. The molecule has 0 radical (unpaired) electrons. The smallest absolute Gasteiger partial charge is 0.234 e. The summed E-state index contributed by atoms with van der Waals surface area (Å²) < 4.78 is 13.4. The molecule has 0 saturated carbocycles. The van der Waals surface area contributed by atoms with Crippen LogP contribution in [0.2, 0.25) is 0 Å². The lowest BCUT2D eigenvalue weighted by molar-refractivity contribution is -0.122. The van der Waals surface area contributed by atoms with Gasteiger partial charge in [0, 0.05) is 24.7 Å². The minimum atomic E-state index is -0.278. The zero-order chi connectivity index (χ0) is 14.4. The number of amides is 1. The molecule has 1 aromatic rings. The quantitative estimate of drug-likeness (QED) is 0.820. The second-order valence-corrected chi connectivity index (χ2v) is 5.08. The highest BCUT2D eigenvalue weighted by Crippen LogP contribution is 2.08. The van der Waals surface area contributed by atoms with E-state index in [0.29, 0.717) is 18.2 Å². The van der Waals surface area contributed by atoms with Gasteiger partial charge in [0.25, 0.3) is 0 Å². The third kappa shape index (κ3) is 4.02. The molecule has 20 heavy (non-hydrogen) atoms. The molecule has 1 aliphatic rings. The van der Waals surface area contributed by atoms with Gasteiger partial charge in [-0.2, -0.15) is 0 Å². The van der Waals surface area contributed by atoms with Crippen molar-refractivity contribution in [2.45, 2.75) is 25.9 Å². The highest BCUT2D eigenvalue weighted by Gasteiger charge is 2.22. The van der Waals surface area contributed by atoms with Crippen LogP contribution in [0.5, 0.6) is 0 Å². The molecule has 0 spiro atoms. The molecule has 1 heterocycles. The number of benzene rings is 1. The topological polar surface area (TPSA) is 44.4 Å². The lowest BCUT2D eigenvalue weighted by Gasteiger charge is -2.26. The molecule has 1 atom stereocenters. The van der Waals surface area contributed by atoms with Crippen LogP contribution in [0, 0.1) is 5.82 Å². The first-order valence-electron chi connectivity index (χ1n) is 7.15. The Balaban J connectivity index is 1.81. The fourth-order valence-electron chi connectivity index (χ4n) is 2.53. The van der Waals surface area contributed by atoms with E-state index in [-0.39, 0.29) is 18.3 Å². The molecule has 0 aliphatic carbocycles. The van der Waals surface area contributed by atoms with Crippen LogP contribution >= 0.6 is 0 Å². The van der Waals surface area contributed by atoms with Gasteiger partial charge in [0.2, 0.25) is 5.91 Å². The van der Waals surface area contributed by atoms with Crippen LogP contribution in [-0.2, 0) is 11.3 Å². The Bertz CT molecular complexity index is 446. The molecule has 1 fully saturated rings. The molecule has 0 bridgehead atoms. The second kappa shape index (κ2) is 7.36. The minimum absolute atomic E-state index is 0.0537. The fourth-order valence-corrected chi connectivity index (χ4v) is 2.53. The van der Waals surface area contributed by atoms with Gasteiger partial charge < -0.3 is 10.6 Å². The van der Waals surface area contributed by atoms with E-state index in [1.807, 2.05) is 0 Å². The summed E-state index contributed by atoms with van der Waals surface area (Å²) in [5.41, 5.74) is 0.520. The van der Waals surface area contributed by atoms with Crippen molar-refractivity contribution in [1.82, 2.24) is 15.5 Å². The lowest BCUT2D eigenvalue weighted by atomic mass is 10.2. The largest absolute Gasteiger partial charge is 0.351 e. The van der Waals surface area contributed by atoms with Crippen molar-refractivity contribution in [3.05, 3.63) is 35.6 Å². The SMILES string of the molecule is CCN(CC(=O)NCc1ccccc1F)C1CCNC1. The summed E-state index contributed by atoms with van der Waals surface area (Å²) >= 11 is 0. The zero-order valence-electron chi connectivity index (χ0n) is 11.9. The van der Waals surface area contributed by atoms with Crippen LogP contribution in [0.3, 0.4) is 0 Å². The van der Waals surface area contributed by atoms with Crippen molar-refractivity contribution in [3.8, 4) is 0 Å². The predicted octanol–water partition coefficient (Wildman–Crippen LogP) is 1.13. The first kappa shape index (κ1) is 14.9. The summed E-state index contributed by atoms with van der Waals surface area (Å²) in [6, 6.07) is 6.94. The maximum Gasteiger partial charge on any atom is 0.234 e. The monoisotopic (exact) mass is 279 g/mol. The van der Waals surface area contributed by atoms with Gasteiger partial charge in [-0.1, -0.05) is 25.1 Å². The molecule has 4 nitrogen and oxygen atoms in total. The van der Waals surface area contributed by atoms with Gasteiger partial charge in [-0.3, -0.25) is 9.69 Å². The molecule has 110 valence electrons. The van der Waals surface area contributed by atoms with Gasteiger partial charge in [0.1, 0.15) is 5.82 Å². The molecular formula is C15H22FN3O. The van der Waals surface area contributed by atoms with Gasteiger partial charge in [0.05, 0.1) is 6.54 Å². The summed E-state index contributed by atoms with van der Waals surface area (Å²) in [5.74, 6) is -0.331. The van der Waals surface area contributed by atoms with Crippen LogP contribution in [-0.4, -0.2) is 43.0 Å². The van der Waals surface area contributed by atoms with E-state index in [2.05, 4.69) is 22.5 Å². The Morgan fingerprint density at radius 2 is 2.30 bits per heavy atom.